The normalized spacial score (nSPS) is 15.6. The van der Waals surface area contributed by atoms with Crippen LogP contribution in [0, 0.1) is 0 Å². The molecule has 7 heteroatoms. The van der Waals surface area contributed by atoms with Gasteiger partial charge in [0.2, 0.25) is 0 Å². The zero-order chi connectivity index (χ0) is 26.7. The lowest BCUT2D eigenvalue weighted by Crippen LogP contribution is -2.35. The third-order valence-corrected chi connectivity index (χ3v) is 7.46. The molecule has 2 N–H and O–H groups in total. The topological polar surface area (TPSA) is 55.8 Å². The first kappa shape index (κ1) is 27.3. The monoisotopic (exact) mass is 539 g/mol. The van der Waals surface area contributed by atoms with Crippen LogP contribution in [0.25, 0.3) is 0 Å². The average Bonchev–Trinajstić information content (AvgIpc) is 3.35. The van der Waals surface area contributed by atoms with Crippen LogP contribution in [0.2, 0.25) is 10.0 Å². The molecule has 1 amide bonds. The van der Waals surface area contributed by atoms with Gasteiger partial charge in [-0.25, -0.2) is 0 Å². The highest BCUT2D eigenvalue weighted by atomic mass is 35.5. The maximum absolute atomic E-state index is 14.1. The molecule has 37 heavy (non-hydrogen) atoms. The van der Waals surface area contributed by atoms with Gasteiger partial charge in [-0.2, -0.15) is 0 Å². The van der Waals surface area contributed by atoms with Crippen molar-refractivity contribution < 1.29 is 9.90 Å². The van der Waals surface area contributed by atoms with Gasteiger partial charge in [-0.15, -0.1) is 0 Å². The van der Waals surface area contributed by atoms with Crippen molar-refractivity contribution in [2.75, 3.05) is 29.9 Å². The number of hydrogen-bond acceptors (Lipinski definition) is 4. The van der Waals surface area contributed by atoms with Crippen LogP contribution in [0.3, 0.4) is 0 Å². The molecule has 1 fully saturated rings. The van der Waals surface area contributed by atoms with Gasteiger partial charge in [0.25, 0.3) is 5.91 Å². The summed E-state index contributed by atoms with van der Waals surface area (Å²) >= 11 is 13.5. The van der Waals surface area contributed by atoms with Crippen LogP contribution in [-0.4, -0.2) is 37.2 Å². The van der Waals surface area contributed by atoms with E-state index < -0.39 is 0 Å². The van der Waals surface area contributed by atoms with E-state index in [1.54, 1.807) is 17.0 Å². The van der Waals surface area contributed by atoms with Gasteiger partial charge >= 0.3 is 0 Å². The quantitative estimate of drug-likeness (QED) is 0.338. The number of hydrogen-bond donors (Lipinski definition) is 2. The van der Waals surface area contributed by atoms with E-state index in [2.05, 4.69) is 10.2 Å². The van der Waals surface area contributed by atoms with Crippen LogP contribution in [0.5, 0.6) is 5.75 Å². The summed E-state index contributed by atoms with van der Waals surface area (Å²) < 4.78 is 0. The van der Waals surface area contributed by atoms with E-state index in [-0.39, 0.29) is 22.6 Å². The van der Waals surface area contributed by atoms with Crippen molar-refractivity contribution in [2.24, 2.45) is 0 Å². The first-order chi connectivity index (χ1) is 17.5. The lowest BCUT2D eigenvalue weighted by atomic mass is 9.86. The van der Waals surface area contributed by atoms with Crippen molar-refractivity contribution in [3.8, 4) is 5.75 Å². The molecule has 0 aliphatic carbocycles. The molecule has 1 atom stereocenters. The summed E-state index contributed by atoms with van der Waals surface area (Å²) in [6.45, 7) is 8.29. The SMILES string of the molecule is CN(C[C@H]1CCCN1)c1cc(Cl)c(C(=O)N(Cc2ccccc2)c2ccc(O)c(C(C)(C)C)c2)c(Cl)c1. The van der Waals surface area contributed by atoms with Crippen molar-refractivity contribution in [3.05, 3.63) is 87.4 Å². The second-order valence-corrected chi connectivity index (χ2v) is 11.6. The zero-order valence-electron chi connectivity index (χ0n) is 21.9. The van der Waals surface area contributed by atoms with E-state index in [1.165, 1.54) is 6.42 Å². The second kappa shape index (κ2) is 11.3. The Balaban J connectivity index is 1.71. The number of anilines is 2. The summed E-state index contributed by atoms with van der Waals surface area (Å²) in [6.07, 6.45) is 2.32. The molecular weight excluding hydrogens is 505 g/mol. The number of aromatic hydroxyl groups is 1. The van der Waals surface area contributed by atoms with Gasteiger partial charge in [0, 0.05) is 36.6 Å². The molecule has 196 valence electrons. The predicted molar refractivity (Wildman–Crippen MR) is 155 cm³/mol. The highest BCUT2D eigenvalue weighted by molar-refractivity contribution is 6.41. The van der Waals surface area contributed by atoms with Crippen molar-refractivity contribution in [1.29, 1.82) is 0 Å². The molecule has 0 aromatic heterocycles. The Morgan fingerprint density at radius 3 is 2.30 bits per heavy atom. The van der Waals surface area contributed by atoms with Crippen molar-refractivity contribution in [2.45, 2.75) is 51.6 Å². The van der Waals surface area contributed by atoms with Gasteiger partial charge in [-0.1, -0.05) is 74.3 Å². The fourth-order valence-electron chi connectivity index (χ4n) is 4.81. The van der Waals surface area contributed by atoms with Gasteiger partial charge in [-0.3, -0.25) is 4.79 Å². The lowest BCUT2D eigenvalue weighted by molar-refractivity contribution is 0.0985. The summed E-state index contributed by atoms with van der Waals surface area (Å²) in [5.41, 5.74) is 3.21. The number of carbonyl (C=O) groups is 1. The molecular formula is C30H35Cl2N3O2. The van der Waals surface area contributed by atoms with Crippen LogP contribution in [-0.2, 0) is 12.0 Å². The summed E-state index contributed by atoms with van der Waals surface area (Å²) in [5.74, 6) is -0.0976. The molecule has 3 aromatic carbocycles. The minimum atomic E-state index is -0.308. The second-order valence-electron chi connectivity index (χ2n) is 10.8. The molecule has 1 heterocycles. The van der Waals surface area contributed by atoms with E-state index in [9.17, 15) is 9.90 Å². The number of nitrogens with zero attached hydrogens (tertiary/aromatic N) is 2. The van der Waals surface area contributed by atoms with Gasteiger partial charge in [0.1, 0.15) is 5.75 Å². The standard InChI is InChI=1S/C30H35Cl2N3O2/c1-30(2,3)24-15-22(12-13-27(24)36)35(18-20-9-6-5-7-10-20)29(37)28-25(31)16-23(17-26(28)32)34(4)19-21-11-8-14-33-21/h5-7,9-10,12-13,15-17,21,33,36H,8,11,14,18-19H2,1-4H3/t21-/m1/s1. The number of rotatable bonds is 7. The molecule has 1 aliphatic rings. The maximum atomic E-state index is 14.1. The van der Waals surface area contributed by atoms with E-state index in [4.69, 9.17) is 23.2 Å². The highest BCUT2D eigenvalue weighted by Gasteiger charge is 2.27. The van der Waals surface area contributed by atoms with Gasteiger partial charge < -0.3 is 20.2 Å². The number of halogens is 2. The third-order valence-electron chi connectivity index (χ3n) is 6.87. The third kappa shape index (κ3) is 6.40. The largest absolute Gasteiger partial charge is 0.508 e. The van der Waals surface area contributed by atoms with Crippen LogP contribution >= 0.6 is 23.2 Å². The Bertz CT molecular complexity index is 1230. The number of benzene rings is 3. The minimum Gasteiger partial charge on any atom is -0.508 e. The van der Waals surface area contributed by atoms with Gasteiger partial charge in [-0.05, 0) is 60.7 Å². The molecule has 3 aromatic rings. The van der Waals surface area contributed by atoms with Crippen LogP contribution in [0.4, 0.5) is 11.4 Å². The first-order valence-corrected chi connectivity index (χ1v) is 13.4. The fourth-order valence-corrected chi connectivity index (χ4v) is 5.44. The van der Waals surface area contributed by atoms with E-state index in [1.807, 2.05) is 76.3 Å². The lowest BCUT2D eigenvalue weighted by Gasteiger charge is -2.28. The van der Waals surface area contributed by atoms with Crippen molar-refractivity contribution >= 4 is 40.5 Å². The Hall–Kier alpha value is -2.73. The summed E-state index contributed by atoms with van der Waals surface area (Å²) in [6, 6.07) is 19.1. The molecule has 5 nitrogen and oxygen atoms in total. The molecule has 0 unspecified atom stereocenters. The molecule has 1 aliphatic heterocycles. The van der Waals surface area contributed by atoms with Gasteiger partial charge in [0.05, 0.1) is 22.2 Å². The molecule has 0 bridgehead atoms. The Kier molecular flexibility index (Phi) is 8.37. The number of likely N-dealkylation sites (N-methyl/N-ethyl adjacent to an activating group) is 1. The summed E-state index contributed by atoms with van der Waals surface area (Å²) in [7, 11) is 2.01. The van der Waals surface area contributed by atoms with Gasteiger partial charge in [0.15, 0.2) is 0 Å². The Labute approximate surface area is 230 Å². The molecule has 0 spiro atoms. The molecule has 0 saturated carbocycles. The fraction of sp³-hybridized carbons (Fsp3) is 0.367. The number of phenolic OH excluding ortho intramolecular Hbond substituents is 1. The van der Waals surface area contributed by atoms with Crippen LogP contribution in [0.1, 0.15) is 55.1 Å². The first-order valence-electron chi connectivity index (χ1n) is 12.7. The minimum absolute atomic E-state index is 0.198. The van der Waals surface area contributed by atoms with Crippen molar-refractivity contribution in [3.63, 3.8) is 0 Å². The molecule has 4 rings (SSSR count). The Morgan fingerprint density at radius 2 is 1.70 bits per heavy atom. The zero-order valence-corrected chi connectivity index (χ0v) is 23.4. The van der Waals surface area contributed by atoms with Crippen molar-refractivity contribution in [1.82, 2.24) is 5.32 Å². The average molecular weight is 541 g/mol. The smallest absolute Gasteiger partial charge is 0.261 e. The molecule has 1 saturated heterocycles. The van der Waals surface area contributed by atoms with Crippen LogP contribution in [0.15, 0.2) is 60.7 Å². The van der Waals surface area contributed by atoms with E-state index in [0.29, 0.717) is 28.3 Å². The van der Waals surface area contributed by atoms with Crippen LogP contribution < -0.4 is 15.1 Å². The van der Waals surface area contributed by atoms with E-state index >= 15 is 0 Å². The Morgan fingerprint density at radius 1 is 1.03 bits per heavy atom. The van der Waals surface area contributed by atoms with E-state index in [0.717, 1.165) is 36.3 Å². The maximum Gasteiger partial charge on any atom is 0.261 e. The summed E-state index contributed by atoms with van der Waals surface area (Å²) in [5, 5.41) is 14.6. The molecule has 0 radical (unpaired) electrons. The highest BCUT2D eigenvalue weighted by Crippen LogP contribution is 2.37. The summed E-state index contributed by atoms with van der Waals surface area (Å²) in [4.78, 5) is 17.9. The number of amides is 1. The number of phenols is 1. The predicted octanol–water partition coefficient (Wildman–Crippen LogP) is 7.03. The number of carbonyl (C=O) groups excluding carboxylic acids is 1. The number of nitrogens with one attached hydrogen (secondary N) is 1.